The fourth-order valence-corrected chi connectivity index (χ4v) is 5.27. The number of carbonyl (C=O) groups is 1. The molecule has 0 radical (unpaired) electrons. The second-order valence-corrected chi connectivity index (χ2v) is 8.94. The van der Waals surface area contributed by atoms with Crippen molar-refractivity contribution in [2.45, 2.75) is 18.4 Å². The molecule has 0 saturated carbocycles. The molecule has 0 amide bonds. The van der Waals surface area contributed by atoms with E-state index in [9.17, 15) is 9.90 Å². The van der Waals surface area contributed by atoms with Crippen molar-refractivity contribution in [2.24, 2.45) is 5.92 Å². The van der Waals surface area contributed by atoms with Crippen molar-refractivity contribution in [2.75, 3.05) is 19.6 Å². The number of carboxylic acid groups (broad SMARTS) is 1. The summed E-state index contributed by atoms with van der Waals surface area (Å²) >= 11 is 0. The van der Waals surface area contributed by atoms with Gasteiger partial charge in [0.2, 0.25) is 0 Å². The lowest BCUT2D eigenvalue weighted by atomic mass is 9.76. The van der Waals surface area contributed by atoms with Gasteiger partial charge in [0.15, 0.2) is 0 Å². The van der Waals surface area contributed by atoms with Crippen LogP contribution in [0, 0.1) is 5.92 Å². The minimum atomic E-state index is -0.691. The predicted molar refractivity (Wildman–Crippen MR) is 133 cm³/mol. The highest BCUT2D eigenvalue weighted by Gasteiger charge is 2.39. The van der Waals surface area contributed by atoms with Crippen molar-refractivity contribution >= 4 is 5.97 Å². The Labute approximate surface area is 200 Å². The molecule has 4 aromatic rings. The van der Waals surface area contributed by atoms with Crippen LogP contribution in [0.3, 0.4) is 0 Å². The Kier molecular flexibility index (Phi) is 6.28. The number of rotatable bonds is 8. The number of benzene rings is 3. The first kappa shape index (κ1) is 22.1. The first-order chi connectivity index (χ1) is 16.7. The van der Waals surface area contributed by atoms with E-state index < -0.39 is 11.5 Å². The maximum absolute atomic E-state index is 11.4. The van der Waals surface area contributed by atoms with Gasteiger partial charge in [-0.3, -0.25) is 4.79 Å². The number of aliphatic carboxylic acids is 1. The maximum Gasteiger partial charge on any atom is 0.307 e. The van der Waals surface area contributed by atoms with Crippen molar-refractivity contribution < 1.29 is 9.90 Å². The molecule has 1 N–H and O–H groups in total. The molecule has 34 heavy (non-hydrogen) atoms. The summed E-state index contributed by atoms with van der Waals surface area (Å²) in [4.78, 5) is 18.3. The lowest BCUT2D eigenvalue weighted by Gasteiger charge is -2.38. The molecule has 1 saturated heterocycles. The van der Waals surface area contributed by atoms with Crippen LogP contribution in [0.5, 0.6) is 0 Å². The van der Waals surface area contributed by atoms with E-state index in [4.69, 9.17) is 0 Å². The molecule has 1 aromatic heterocycles. The fraction of sp³-hybridized carbons (Fsp3) is 0.241. The van der Waals surface area contributed by atoms with Crippen molar-refractivity contribution in [3.05, 3.63) is 126 Å². The number of aromatic nitrogens is 2. The van der Waals surface area contributed by atoms with Crippen LogP contribution in [0.4, 0.5) is 0 Å². The summed E-state index contributed by atoms with van der Waals surface area (Å²) in [6.07, 6.45) is 5.40. The van der Waals surface area contributed by atoms with E-state index in [1.165, 1.54) is 16.7 Å². The maximum atomic E-state index is 11.4. The van der Waals surface area contributed by atoms with Crippen LogP contribution in [0.1, 0.15) is 28.8 Å². The van der Waals surface area contributed by atoms with E-state index >= 15 is 0 Å². The van der Waals surface area contributed by atoms with Gasteiger partial charge in [-0.05, 0) is 29.7 Å². The summed E-state index contributed by atoms with van der Waals surface area (Å²) in [5, 5.41) is 9.37. The molecule has 1 aliphatic heterocycles. The summed E-state index contributed by atoms with van der Waals surface area (Å²) < 4.78 is 2.30. The summed E-state index contributed by atoms with van der Waals surface area (Å²) in [6, 6.07) is 31.8. The Morgan fingerprint density at radius 1 is 0.882 bits per heavy atom. The van der Waals surface area contributed by atoms with Crippen LogP contribution in [0.2, 0.25) is 0 Å². The zero-order chi connectivity index (χ0) is 23.4. The average Bonchev–Trinajstić information content (AvgIpc) is 3.56. The van der Waals surface area contributed by atoms with E-state index in [-0.39, 0.29) is 5.92 Å². The van der Waals surface area contributed by atoms with Crippen molar-refractivity contribution in [1.29, 1.82) is 0 Å². The van der Waals surface area contributed by atoms with E-state index in [2.05, 4.69) is 87.2 Å². The minimum Gasteiger partial charge on any atom is -0.481 e. The molecule has 5 heteroatoms. The smallest absolute Gasteiger partial charge is 0.307 e. The normalized spacial score (nSPS) is 16.5. The minimum absolute atomic E-state index is 0.262. The van der Waals surface area contributed by atoms with Crippen LogP contribution >= 0.6 is 0 Å². The van der Waals surface area contributed by atoms with Gasteiger partial charge in [-0.1, -0.05) is 91.0 Å². The second-order valence-electron chi connectivity index (χ2n) is 8.94. The van der Waals surface area contributed by atoms with Crippen LogP contribution in [0.15, 0.2) is 104 Å². The highest BCUT2D eigenvalue weighted by molar-refractivity contribution is 5.70. The van der Waals surface area contributed by atoms with Gasteiger partial charge in [-0.15, -0.1) is 0 Å². The molecule has 2 heterocycles. The largest absolute Gasteiger partial charge is 0.481 e. The van der Waals surface area contributed by atoms with E-state index in [1.807, 2.05) is 30.7 Å². The van der Waals surface area contributed by atoms with Gasteiger partial charge < -0.3 is 14.6 Å². The van der Waals surface area contributed by atoms with Crippen LogP contribution in [0.25, 0.3) is 0 Å². The zero-order valence-electron chi connectivity index (χ0n) is 19.1. The molecular weight excluding hydrogens is 422 g/mol. The lowest BCUT2D eigenvalue weighted by Crippen LogP contribution is -2.39. The van der Waals surface area contributed by atoms with E-state index in [1.54, 1.807) is 0 Å². The number of imidazole rings is 1. The van der Waals surface area contributed by atoms with Crippen LogP contribution in [-0.4, -0.2) is 45.2 Å². The topological polar surface area (TPSA) is 58.4 Å². The third-order valence-electron chi connectivity index (χ3n) is 6.96. The highest BCUT2D eigenvalue weighted by Crippen LogP contribution is 2.41. The molecule has 172 valence electrons. The number of hydrogen-bond acceptors (Lipinski definition) is 3. The summed E-state index contributed by atoms with van der Waals surface area (Å²) in [7, 11) is 0. The zero-order valence-corrected chi connectivity index (χ0v) is 19.1. The molecule has 1 atom stereocenters. The Bertz CT molecular complexity index is 1130. The van der Waals surface area contributed by atoms with Crippen molar-refractivity contribution in [3.8, 4) is 0 Å². The van der Waals surface area contributed by atoms with Gasteiger partial charge in [0.25, 0.3) is 0 Å². The first-order valence-corrected chi connectivity index (χ1v) is 11.8. The molecule has 5 rings (SSSR count). The summed E-state index contributed by atoms with van der Waals surface area (Å²) in [6.45, 7) is 2.25. The predicted octanol–water partition coefficient (Wildman–Crippen LogP) is 4.67. The fourth-order valence-electron chi connectivity index (χ4n) is 5.27. The third-order valence-corrected chi connectivity index (χ3v) is 6.96. The van der Waals surface area contributed by atoms with Gasteiger partial charge in [0.05, 0.1) is 12.2 Å². The molecule has 0 unspecified atom stereocenters. The van der Waals surface area contributed by atoms with Gasteiger partial charge in [0.1, 0.15) is 5.54 Å². The molecule has 0 spiro atoms. The molecule has 0 aliphatic carbocycles. The molecule has 0 bridgehead atoms. The summed E-state index contributed by atoms with van der Waals surface area (Å²) in [5.74, 6) is -0.953. The number of carboxylic acids is 1. The Morgan fingerprint density at radius 2 is 1.41 bits per heavy atom. The Morgan fingerprint density at radius 3 is 1.88 bits per heavy atom. The SMILES string of the molecule is O=C(O)[C@H]1CCN(CCc2cncn2C(c2ccccc2)(c2ccccc2)c2ccccc2)C1. The average molecular weight is 452 g/mol. The molecule has 3 aromatic carbocycles. The van der Waals surface area contributed by atoms with E-state index in [0.29, 0.717) is 6.54 Å². The Hall–Kier alpha value is -3.70. The quantitative estimate of drug-likeness (QED) is 0.396. The van der Waals surface area contributed by atoms with Gasteiger partial charge in [-0.2, -0.15) is 0 Å². The number of hydrogen-bond donors (Lipinski definition) is 1. The highest BCUT2D eigenvalue weighted by atomic mass is 16.4. The summed E-state index contributed by atoms with van der Waals surface area (Å²) in [5.41, 5.74) is 4.04. The number of likely N-dealkylation sites (tertiary alicyclic amines) is 1. The molecule has 1 fully saturated rings. The van der Waals surface area contributed by atoms with Crippen molar-refractivity contribution in [3.63, 3.8) is 0 Å². The Balaban J connectivity index is 1.61. The third kappa shape index (κ3) is 4.03. The second kappa shape index (κ2) is 9.65. The standard InChI is InChI=1S/C29H29N3O2/c33-28(34)23-16-18-31(21-23)19-17-27-20-30-22-32(27)29(24-10-4-1-5-11-24,25-12-6-2-7-13-25)26-14-8-3-9-15-26/h1-15,20,22-23H,16-19,21H2,(H,33,34)/t23-/m0/s1. The van der Waals surface area contributed by atoms with E-state index in [0.717, 1.165) is 31.6 Å². The van der Waals surface area contributed by atoms with Crippen LogP contribution < -0.4 is 0 Å². The first-order valence-electron chi connectivity index (χ1n) is 11.8. The molecule has 5 nitrogen and oxygen atoms in total. The number of nitrogens with zero attached hydrogens (tertiary/aromatic N) is 3. The van der Waals surface area contributed by atoms with Gasteiger partial charge in [-0.25, -0.2) is 4.98 Å². The monoisotopic (exact) mass is 451 g/mol. The van der Waals surface area contributed by atoms with Gasteiger partial charge >= 0.3 is 5.97 Å². The lowest BCUT2D eigenvalue weighted by molar-refractivity contribution is -0.141. The molecular formula is C29H29N3O2. The van der Waals surface area contributed by atoms with Crippen molar-refractivity contribution in [1.82, 2.24) is 14.5 Å². The molecule has 1 aliphatic rings. The van der Waals surface area contributed by atoms with Gasteiger partial charge in [0, 0.05) is 31.4 Å². The van der Waals surface area contributed by atoms with Crippen LogP contribution in [-0.2, 0) is 16.8 Å².